The summed E-state index contributed by atoms with van der Waals surface area (Å²) in [6.07, 6.45) is -9.33. The normalized spacial score (nSPS) is 12.3. The molecule has 0 aliphatic carbocycles. The minimum atomic E-state index is -4.73. The molecule has 2 aromatic rings. The maximum atomic E-state index is 12.6. The Morgan fingerprint density at radius 1 is 1.09 bits per heavy atom. The number of aryl methyl sites for hydroxylation is 1. The number of carbonyl (C=O) groups excluding carboxylic acids is 1. The van der Waals surface area contributed by atoms with Gasteiger partial charge >= 0.3 is 12.4 Å². The lowest BCUT2D eigenvalue weighted by molar-refractivity contribution is -0.141. The van der Waals surface area contributed by atoms with Gasteiger partial charge in [0, 0.05) is 18.8 Å². The molecule has 0 spiro atoms. The van der Waals surface area contributed by atoms with Crippen molar-refractivity contribution in [1.82, 2.24) is 9.78 Å². The second-order valence-corrected chi connectivity index (χ2v) is 4.57. The number of rotatable bonds is 2. The fraction of sp³-hybridized carbons (Fsp3) is 0.231. The summed E-state index contributed by atoms with van der Waals surface area (Å²) in [5, 5.41) is 5.26. The summed E-state index contributed by atoms with van der Waals surface area (Å²) in [5.41, 5.74) is -2.89. The Labute approximate surface area is 125 Å². The molecule has 0 unspecified atom stereocenters. The van der Waals surface area contributed by atoms with Crippen LogP contribution in [0.15, 0.2) is 30.3 Å². The molecule has 2 rings (SSSR count). The van der Waals surface area contributed by atoms with Gasteiger partial charge in [0.25, 0.3) is 5.91 Å². The first kappa shape index (κ1) is 16.8. The number of aromatic nitrogens is 2. The third-order valence-electron chi connectivity index (χ3n) is 2.85. The minimum Gasteiger partial charge on any atom is -0.321 e. The van der Waals surface area contributed by atoms with Crippen molar-refractivity contribution in [2.45, 2.75) is 12.4 Å². The van der Waals surface area contributed by atoms with Crippen LogP contribution >= 0.6 is 0 Å². The Hall–Kier alpha value is -2.52. The molecule has 1 heterocycles. The Kier molecular flexibility index (Phi) is 4.10. The average Bonchev–Trinajstić information content (AvgIpc) is 2.80. The molecule has 1 amide bonds. The molecule has 1 aromatic heterocycles. The first-order chi connectivity index (χ1) is 10.5. The van der Waals surface area contributed by atoms with E-state index in [1.165, 1.54) is 6.07 Å². The van der Waals surface area contributed by atoms with E-state index >= 15 is 0 Å². The van der Waals surface area contributed by atoms with E-state index in [0.29, 0.717) is 16.8 Å². The monoisotopic (exact) mass is 337 g/mol. The molecule has 1 N–H and O–H groups in total. The largest absolute Gasteiger partial charge is 0.435 e. The highest BCUT2D eigenvalue weighted by Gasteiger charge is 2.35. The Morgan fingerprint density at radius 2 is 1.74 bits per heavy atom. The molecule has 10 heteroatoms. The van der Waals surface area contributed by atoms with Crippen molar-refractivity contribution >= 4 is 11.6 Å². The topological polar surface area (TPSA) is 46.9 Å². The molecule has 4 nitrogen and oxygen atoms in total. The molecule has 0 saturated carbocycles. The van der Waals surface area contributed by atoms with Gasteiger partial charge in [0.2, 0.25) is 0 Å². The van der Waals surface area contributed by atoms with Crippen LogP contribution in [0.5, 0.6) is 0 Å². The third kappa shape index (κ3) is 3.82. The lowest BCUT2D eigenvalue weighted by Crippen LogP contribution is -2.16. The van der Waals surface area contributed by atoms with E-state index in [1.54, 1.807) is 0 Å². The molecule has 23 heavy (non-hydrogen) atoms. The fourth-order valence-electron chi connectivity index (χ4n) is 1.79. The van der Waals surface area contributed by atoms with Gasteiger partial charge in [0.15, 0.2) is 5.69 Å². The van der Waals surface area contributed by atoms with E-state index < -0.39 is 35.2 Å². The number of hydrogen-bond donors (Lipinski definition) is 1. The number of nitrogens with zero attached hydrogens (tertiary/aromatic N) is 2. The summed E-state index contributed by atoms with van der Waals surface area (Å²) in [4.78, 5) is 11.9. The molecule has 1 aromatic carbocycles. The van der Waals surface area contributed by atoms with Gasteiger partial charge in [0.1, 0.15) is 5.69 Å². The predicted octanol–water partition coefficient (Wildman–Crippen LogP) is 3.71. The standard InChI is InChI=1S/C13H9F6N3O/c1-22-9(6-10(21-22)13(17,18)19)11(23)20-8-4-2-3-7(5-8)12(14,15)16/h2-6H,1H3,(H,20,23). The molecular weight excluding hydrogens is 328 g/mol. The van der Waals surface area contributed by atoms with Gasteiger partial charge in [-0.15, -0.1) is 0 Å². The van der Waals surface area contributed by atoms with Gasteiger partial charge < -0.3 is 5.32 Å². The highest BCUT2D eigenvalue weighted by Crippen LogP contribution is 2.31. The Morgan fingerprint density at radius 3 is 2.26 bits per heavy atom. The highest BCUT2D eigenvalue weighted by atomic mass is 19.4. The van der Waals surface area contributed by atoms with E-state index in [0.717, 1.165) is 19.2 Å². The summed E-state index contributed by atoms with van der Waals surface area (Å²) in [6, 6.07) is 4.26. The zero-order chi connectivity index (χ0) is 17.4. The molecule has 0 aliphatic rings. The van der Waals surface area contributed by atoms with Crippen molar-refractivity contribution in [3.05, 3.63) is 47.3 Å². The fourth-order valence-corrected chi connectivity index (χ4v) is 1.79. The molecule has 0 aliphatic heterocycles. The number of anilines is 1. The van der Waals surface area contributed by atoms with Gasteiger partial charge in [-0.2, -0.15) is 31.4 Å². The molecule has 0 fully saturated rings. The van der Waals surface area contributed by atoms with Gasteiger partial charge in [-0.05, 0) is 18.2 Å². The van der Waals surface area contributed by atoms with Crippen LogP contribution in [0, 0.1) is 0 Å². The third-order valence-corrected chi connectivity index (χ3v) is 2.85. The Bertz CT molecular complexity index is 732. The number of carbonyl (C=O) groups is 1. The van der Waals surface area contributed by atoms with Gasteiger partial charge in [0.05, 0.1) is 5.56 Å². The van der Waals surface area contributed by atoms with E-state index in [2.05, 4.69) is 10.4 Å². The Balaban J connectivity index is 2.25. The number of amides is 1. The van der Waals surface area contributed by atoms with Crippen molar-refractivity contribution in [3.8, 4) is 0 Å². The van der Waals surface area contributed by atoms with Crippen molar-refractivity contribution < 1.29 is 31.1 Å². The lowest BCUT2D eigenvalue weighted by atomic mass is 10.2. The van der Waals surface area contributed by atoms with E-state index in [4.69, 9.17) is 0 Å². The molecular formula is C13H9F6N3O. The lowest BCUT2D eigenvalue weighted by Gasteiger charge is -2.09. The first-order valence-corrected chi connectivity index (χ1v) is 6.08. The summed E-state index contributed by atoms with van der Waals surface area (Å²) < 4.78 is 76.0. The van der Waals surface area contributed by atoms with Crippen LogP contribution in [-0.2, 0) is 19.4 Å². The van der Waals surface area contributed by atoms with Crippen molar-refractivity contribution in [2.24, 2.45) is 7.05 Å². The number of halogens is 6. The van der Waals surface area contributed by atoms with Crippen LogP contribution in [0.3, 0.4) is 0 Å². The van der Waals surface area contributed by atoms with Crippen LogP contribution in [0.4, 0.5) is 32.0 Å². The van der Waals surface area contributed by atoms with Crippen LogP contribution in [0.2, 0.25) is 0 Å². The van der Waals surface area contributed by atoms with Crippen LogP contribution in [-0.4, -0.2) is 15.7 Å². The molecule has 0 saturated heterocycles. The smallest absolute Gasteiger partial charge is 0.321 e. The van der Waals surface area contributed by atoms with E-state index in [9.17, 15) is 31.1 Å². The quantitative estimate of drug-likeness (QED) is 0.849. The van der Waals surface area contributed by atoms with Crippen molar-refractivity contribution in [1.29, 1.82) is 0 Å². The summed E-state index contributed by atoms with van der Waals surface area (Å²) >= 11 is 0. The maximum absolute atomic E-state index is 12.6. The van der Waals surface area contributed by atoms with Crippen LogP contribution in [0.1, 0.15) is 21.7 Å². The summed E-state index contributed by atoms with van der Waals surface area (Å²) in [6.45, 7) is 0. The highest BCUT2D eigenvalue weighted by molar-refractivity contribution is 6.03. The van der Waals surface area contributed by atoms with E-state index in [1.807, 2.05) is 0 Å². The summed E-state index contributed by atoms with van der Waals surface area (Å²) in [5.74, 6) is -1.00. The molecule has 0 radical (unpaired) electrons. The van der Waals surface area contributed by atoms with Crippen LogP contribution < -0.4 is 5.32 Å². The second-order valence-electron chi connectivity index (χ2n) is 4.57. The number of benzene rings is 1. The molecule has 0 bridgehead atoms. The number of hydrogen-bond acceptors (Lipinski definition) is 2. The first-order valence-electron chi connectivity index (χ1n) is 6.08. The van der Waals surface area contributed by atoms with Crippen molar-refractivity contribution in [3.63, 3.8) is 0 Å². The maximum Gasteiger partial charge on any atom is 0.435 e. The van der Waals surface area contributed by atoms with Crippen LogP contribution in [0.25, 0.3) is 0 Å². The number of nitrogens with one attached hydrogen (secondary N) is 1. The van der Waals surface area contributed by atoms with Gasteiger partial charge in [-0.3, -0.25) is 9.48 Å². The van der Waals surface area contributed by atoms with Gasteiger partial charge in [-0.1, -0.05) is 6.07 Å². The number of alkyl halides is 6. The van der Waals surface area contributed by atoms with Crippen molar-refractivity contribution in [2.75, 3.05) is 5.32 Å². The SMILES string of the molecule is Cn1nc(C(F)(F)F)cc1C(=O)Nc1cccc(C(F)(F)F)c1. The molecule has 0 atom stereocenters. The predicted molar refractivity (Wildman–Crippen MR) is 67.6 cm³/mol. The molecule has 124 valence electrons. The average molecular weight is 337 g/mol. The van der Waals surface area contributed by atoms with E-state index in [-0.39, 0.29) is 5.69 Å². The second kappa shape index (κ2) is 5.60. The summed E-state index contributed by atoms with van der Waals surface area (Å²) in [7, 11) is 1.12. The minimum absolute atomic E-state index is 0.195. The zero-order valence-electron chi connectivity index (χ0n) is 11.5. The van der Waals surface area contributed by atoms with Gasteiger partial charge in [-0.25, -0.2) is 0 Å². The zero-order valence-corrected chi connectivity index (χ0v) is 11.5.